The third kappa shape index (κ3) is 4.58. The molecule has 2 heteroatoms. The van der Waals surface area contributed by atoms with Crippen molar-refractivity contribution in [1.82, 2.24) is 9.13 Å². The van der Waals surface area contributed by atoms with E-state index in [1.54, 1.807) is 0 Å². The van der Waals surface area contributed by atoms with Crippen LogP contribution in [0.25, 0.3) is 72.4 Å². The number of rotatable bonds is 6. The molecule has 0 radical (unpaired) electrons. The first-order valence-corrected chi connectivity index (χ1v) is 15.8. The summed E-state index contributed by atoms with van der Waals surface area (Å²) in [5.41, 5.74) is 14.3. The molecule has 0 atom stereocenters. The fourth-order valence-corrected chi connectivity index (χ4v) is 6.93. The molecule has 0 N–H and O–H groups in total. The van der Waals surface area contributed by atoms with Crippen molar-refractivity contribution in [3.8, 4) is 33.6 Å². The molecule has 46 heavy (non-hydrogen) atoms. The van der Waals surface area contributed by atoms with Crippen LogP contribution in [0.3, 0.4) is 0 Å². The van der Waals surface area contributed by atoms with E-state index in [0.717, 1.165) is 16.9 Å². The molecular weight excluding hydrogens is 556 g/mol. The average Bonchev–Trinajstić information content (AvgIpc) is 3.59. The summed E-state index contributed by atoms with van der Waals surface area (Å²) in [5.74, 6) is 0. The zero-order chi connectivity index (χ0) is 31.2. The molecule has 0 bridgehead atoms. The fraction of sp³-hybridized carbons (Fsp3) is 0.0455. The first kappa shape index (κ1) is 27.7. The molecule has 0 unspecified atom stereocenters. The van der Waals surface area contributed by atoms with Crippen molar-refractivity contribution in [3.63, 3.8) is 0 Å². The third-order valence-corrected chi connectivity index (χ3v) is 9.07. The summed E-state index contributed by atoms with van der Waals surface area (Å²) in [6.45, 7) is 8.28. The van der Waals surface area contributed by atoms with Crippen molar-refractivity contribution in [2.45, 2.75) is 13.8 Å². The summed E-state index contributed by atoms with van der Waals surface area (Å²) in [4.78, 5) is 0. The number of fused-ring (bicyclic) bond motifs is 4. The Balaban J connectivity index is 1.17. The van der Waals surface area contributed by atoms with Crippen LogP contribution >= 0.6 is 0 Å². The highest BCUT2D eigenvalue weighted by Crippen LogP contribution is 2.36. The Morgan fingerprint density at radius 3 is 1.41 bits per heavy atom. The molecule has 0 aliphatic rings. The van der Waals surface area contributed by atoms with E-state index in [9.17, 15) is 0 Å². The predicted octanol–water partition coefficient (Wildman–Crippen LogP) is 12.0. The lowest BCUT2D eigenvalue weighted by molar-refractivity contribution is 1.05. The summed E-state index contributed by atoms with van der Waals surface area (Å²) in [6.07, 6.45) is 4.28. The molecule has 6 aromatic carbocycles. The minimum Gasteiger partial charge on any atom is -0.313 e. The van der Waals surface area contributed by atoms with Crippen molar-refractivity contribution in [3.05, 3.63) is 175 Å². The molecule has 0 amide bonds. The van der Waals surface area contributed by atoms with Crippen LogP contribution in [0.2, 0.25) is 0 Å². The van der Waals surface area contributed by atoms with Crippen molar-refractivity contribution in [2.75, 3.05) is 0 Å². The molecule has 8 rings (SSSR count). The lowest BCUT2D eigenvalue weighted by Gasteiger charge is -2.14. The van der Waals surface area contributed by atoms with Gasteiger partial charge in [0.05, 0.1) is 16.6 Å². The second-order valence-electron chi connectivity index (χ2n) is 12.0. The van der Waals surface area contributed by atoms with E-state index in [4.69, 9.17) is 0 Å². The zero-order valence-corrected chi connectivity index (χ0v) is 26.1. The normalized spacial score (nSPS) is 11.7. The third-order valence-electron chi connectivity index (χ3n) is 9.07. The van der Waals surface area contributed by atoms with Gasteiger partial charge in [-0.3, -0.25) is 0 Å². The monoisotopic (exact) mass is 590 g/mol. The van der Waals surface area contributed by atoms with Crippen LogP contribution in [0.1, 0.15) is 18.2 Å². The molecule has 0 aliphatic carbocycles. The van der Waals surface area contributed by atoms with E-state index >= 15 is 0 Å². The van der Waals surface area contributed by atoms with Crippen LogP contribution in [-0.2, 0) is 0 Å². The molecule has 0 spiro atoms. The van der Waals surface area contributed by atoms with Crippen molar-refractivity contribution < 1.29 is 0 Å². The first-order chi connectivity index (χ1) is 22.6. The van der Waals surface area contributed by atoms with E-state index < -0.39 is 0 Å². The largest absolute Gasteiger partial charge is 0.313 e. The van der Waals surface area contributed by atoms with E-state index in [1.807, 2.05) is 6.92 Å². The van der Waals surface area contributed by atoms with Gasteiger partial charge in [0.25, 0.3) is 0 Å². The molecule has 0 fully saturated rings. The average molecular weight is 591 g/mol. The summed E-state index contributed by atoms with van der Waals surface area (Å²) < 4.78 is 4.72. The molecule has 8 aromatic rings. The number of allylic oxidation sites excluding steroid dienone is 2. The number of para-hydroxylation sites is 3. The number of hydrogen-bond donors (Lipinski definition) is 0. The minimum atomic E-state index is 1.04. The van der Waals surface area contributed by atoms with Crippen LogP contribution in [-0.4, -0.2) is 9.13 Å². The van der Waals surface area contributed by atoms with Crippen molar-refractivity contribution in [1.29, 1.82) is 0 Å². The van der Waals surface area contributed by atoms with E-state index in [1.165, 1.54) is 66.2 Å². The van der Waals surface area contributed by atoms with Gasteiger partial charge in [-0.1, -0.05) is 127 Å². The van der Waals surface area contributed by atoms with Gasteiger partial charge in [0, 0.05) is 38.8 Å². The maximum absolute atomic E-state index is 4.06. The SMILES string of the molecule is C=C(C)/C=C\c1c(C)n(-c2ccc(-c3ccccc3-c3ccc(-n4c5ccccc5c5ccccc54)cc3)cc2)c2ccccc12. The molecule has 0 aliphatic heterocycles. The van der Waals surface area contributed by atoms with Gasteiger partial charge < -0.3 is 9.13 Å². The Labute approximate surface area is 269 Å². The Morgan fingerprint density at radius 1 is 0.500 bits per heavy atom. The van der Waals surface area contributed by atoms with Crippen LogP contribution in [0, 0.1) is 6.92 Å². The Kier molecular flexibility index (Phi) is 6.77. The molecule has 0 saturated carbocycles. The number of benzene rings is 6. The highest BCUT2D eigenvalue weighted by Gasteiger charge is 2.15. The number of nitrogens with zero attached hydrogens (tertiary/aromatic N) is 2. The fourth-order valence-electron chi connectivity index (χ4n) is 6.93. The molecule has 0 saturated heterocycles. The van der Waals surface area contributed by atoms with E-state index in [0.29, 0.717) is 0 Å². The van der Waals surface area contributed by atoms with Gasteiger partial charge in [0.15, 0.2) is 0 Å². The second kappa shape index (κ2) is 11.3. The van der Waals surface area contributed by atoms with E-state index in [-0.39, 0.29) is 0 Å². The van der Waals surface area contributed by atoms with Crippen LogP contribution in [0.15, 0.2) is 164 Å². The van der Waals surface area contributed by atoms with Gasteiger partial charge in [-0.2, -0.15) is 0 Å². The Hall–Kier alpha value is -5.86. The molecule has 2 aromatic heterocycles. The van der Waals surface area contributed by atoms with Crippen LogP contribution < -0.4 is 0 Å². The Morgan fingerprint density at radius 2 is 0.913 bits per heavy atom. The first-order valence-electron chi connectivity index (χ1n) is 15.8. The van der Waals surface area contributed by atoms with Gasteiger partial charge in [-0.25, -0.2) is 0 Å². The van der Waals surface area contributed by atoms with Crippen molar-refractivity contribution in [2.24, 2.45) is 0 Å². The van der Waals surface area contributed by atoms with Gasteiger partial charge >= 0.3 is 0 Å². The molecule has 220 valence electrons. The predicted molar refractivity (Wildman–Crippen MR) is 197 cm³/mol. The Bertz CT molecular complexity index is 2380. The number of hydrogen-bond acceptors (Lipinski definition) is 0. The lowest BCUT2D eigenvalue weighted by Crippen LogP contribution is -1.97. The highest BCUT2D eigenvalue weighted by atomic mass is 15.0. The lowest BCUT2D eigenvalue weighted by atomic mass is 9.94. The second-order valence-corrected chi connectivity index (χ2v) is 12.0. The van der Waals surface area contributed by atoms with Gasteiger partial charge in [0.1, 0.15) is 0 Å². The maximum Gasteiger partial charge on any atom is 0.0541 e. The summed E-state index contributed by atoms with van der Waals surface area (Å²) in [6, 6.07) is 52.6. The van der Waals surface area contributed by atoms with Gasteiger partial charge in [-0.15, -0.1) is 0 Å². The van der Waals surface area contributed by atoms with E-state index in [2.05, 4.69) is 180 Å². The maximum atomic E-state index is 4.06. The smallest absolute Gasteiger partial charge is 0.0541 e. The minimum absolute atomic E-state index is 1.04. The molecule has 2 heterocycles. The van der Waals surface area contributed by atoms with Crippen molar-refractivity contribution >= 4 is 38.8 Å². The summed E-state index contributed by atoms with van der Waals surface area (Å²) in [5, 5.41) is 3.80. The summed E-state index contributed by atoms with van der Waals surface area (Å²) >= 11 is 0. The highest BCUT2D eigenvalue weighted by molar-refractivity contribution is 6.09. The number of aromatic nitrogens is 2. The molecule has 2 nitrogen and oxygen atoms in total. The summed E-state index contributed by atoms with van der Waals surface area (Å²) in [7, 11) is 0. The van der Waals surface area contributed by atoms with Crippen LogP contribution in [0.4, 0.5) is 0 Å². The standard InChI is InChI=1S/C44H34N2/c1-30(2)20-29-36-31(3)45(42-17-9-6-14-39(36)42)34-25-21-32(22-26-34)37-12-4-5-13-38(37)33-23-27-35(28-24-33)46-43-18-10-7-15-40(43)41-16-8-11-19-44(41)46/h4-29H,1H2,2-3H3/b29-20-. The van der Waals surface area contributed by atoms with Gasteiger partial charge in [-0.05, 0) is 78.6 Å². The van der Waals surface area contributed by atoms with Crippen LogP contribution in [0.5, 0.6) is 0 Å². The quantitative estimate of drug-likeness (QED) is 0.171. The zero-order valence-electron chi connectivity index (χ0n) is 26.1. The molecular formula is C44H34N2. The van der Waals surface area contributed by atoms with Gasteiger partial charge in [0.2, 0.25) is 0 Å². The topological polar surface area (TPSA) is 9.86 Å².